The van der Waals surface area contributed by atoms with Crippen LogP contribution in [0.1, 0.15) is 36.5 Å². The van der Waals surface area contributed by atoms with Crippen molar-refractivity contribution in [2.75, 3.05) is 0 Å². The van der Waals surface area contributed by atoms with Crippen molar-refractivity contribution in [1.82, 2.24) is 0 Å². The summed E-state index contributed by atoms with van der Waals surface area (Å²) in [5, 5.41) is 21.7. The lowest BCUT2D eigenvalue weighted by Gasteiger charge is -2.16. The molecule has 0 saturated carbocycles. The van der Waals surface area contributed by atoms with Crippen LogP contribution in [0.4, 0.5) is 13.2 Å². The van der Waals surface area contributed by atoms with E-state index in [1.54, 1.807) is 13.0 Å². The highest BCUT2D eigenvalue weighted by Crippen LogP contribution is 2.36. The van der Waals surface area contributed by atoms with Crippen LogP contribution in [0, 0.1) is 0 Å². The first-order chi connectivity index (χ1) is 14.1. The Morgan fingerprint density at radius 3 is 2.27 bits per heavy atom. The SMILES string of the molecule is CCC(Oc1ccc(CC/C(=N/O)c2ccc(C(F)(F)F)cc2)c(Cl)c1Cl)C(=O)O. The number of hydrogen-bond acceptors (Lipinski definition) is 4. The van der Waals surface area contributed by atoms with Gasteiger partial charge in [0.2, 0.25) is 0 Å². The highest BCUT2D eigenvalue weighted by Gasteiger charge is 2.30. The molecule has 0 bridgehead atoms. The van der Waals surface area contributed by atoms with Crippen LogP contribution in [0.5, 0.6) is 5.75 Å². The van der Waals surface area contributed by atoms with Gasteiger partial charge in [0.05, 0.1) is 16.3 Å². The van der Waals surface area contributed by atoms with E-state index in [9.17, 15) is 23.2 Å². The fourth-order valence-electron chi connectivity index (χ4n) is 2.67. The predicted molar refractivity (Wildman–Crippen MR) is 107 cm³/mol. The van der Waals surface area contributed by atoms with Gasteiger partial charge in [0.15, 0.2) is 6.10 Å². The zero-order valence-electron chi connectivity index (χ0n) is 15.7. The molecule has 0 aromatic heterocycles. The average Bonchev–Trinajstić information content (AvgIpc) is 2.70. The van der Waals surface area contributed by atoms with E-state index in [0.717, 1.165) is 12.1 Å². The number of ether oxygens (including phenoxy) is 1. The number of halogens is 5. The Hall–Kier alpha value is -2.45. The Balaban J connectivity index is 2.14. The maximum Gasteiger partial charge on any atom is 0.416 e. The number of hydrogen-bond donors (Lipinski definition) is 2. The van der Waals surface area contributed by atoms with Crippen LogP contribution in [0.3, 0.4) is 0 Å². The summed E-state index contributed by atoms with van der Waals surface area (Å²) in [6, 6.07) is 7.34. The molecule has 0 heterocycles. The fourth-order valence-corrected chi connectivity index (χ4v) is 3.15. The van der Waals surface area contributed by atoms with Gasteiger partial charge in [0.1, 0.15) is 10.8 Å². The molecule has 0 radical (unpaired) electrons. The molecule has 10 heteroatoms. The second-order valence-corrected chi connectivity index (χ2v) is 7.08. The molecule has 1 unspecified atom stereocenters. The molecule has 162 valence electrons. The number of carbonyl (C=O) groups is 1. The van der Waals surface area contributed by atoms with Gasteiger partial charge in [0, 0.05) is 0 Å². The third-order valence-electron chi connectivity index (χ3n) is 4.34. The van der Waals surface area contributed by atoms with Gasteiger partial charge in [-0.3, -0.25) is 0 Å². The van der Waals surface area contributed by atoms with E-state index in [4.69, 9.17) is 33.0 Å². The topological polar surface area (TPSA) is 79.1 Å². The molecule has 0 fully saturated rings. The zero-order chi connectivity index (χ0) is 22.5. The maximum atomic E-state index is 12.7. The van der Waals surface area contributed by atoms with E-state index in [1.165, 1.54) is 18.2 Å². The van der Waals surface area contributed by atoms with Gasteiger partial charge in [-0.25, -0.2) is 4.79 Å². The monoisotopic (exact) mass is 463 g/mol. The molecule has 2 aromatic carbocycles. The maximum absolute atomic E-state index is 12.7. The van der Waals surface area contributed by atoms with Crippen molar-refractivity contribution in [2.24, 2.45) is 5.16 Å². The van der Waals surface area contributed by atoms with Crippen LogP contribution in [-0.2, 0) is 17.4 Å². The molecular weight excluding hydrogens is 446 g/mol. The number of benzene rings is 2. The van der Waals surface area contributed by atoms with E-state index in [-0.39, 0.29) is 40.8 Å². The summed E-state index contributed by atoms with van der Waals surface area (Å²) in [5.74, 6) is -1.01. The molecule has 0 spiro atoms. The van der Waals surface area contributed by atoms with Gasteiger partial charge in [0.25, 0.3) is 0 Å². The highest BCUT2D eigenvalue weighted by molar-refractivity contribution is 6.43. The van der Waals surface area contributed by atoms with E-state index < -0.39 is 23.8 Å². The Morgan fingerprint density at radius 1 is 1.13 bits per heavy atom. The lowest BCUT2D eigenvalue weighted by atomic mass is 10.0. The summed E-state index contributed by atoms with van der Waals surface area (Å²) in [5.41, 5.74) is 0.277. The molecule has 5 nitrogen and oxygen atoms in total. The molecule has 30 heavy (non-hydrogen) atoms. The highest BCUT2D eigenvalue weighted by atomic mass is 35.5. The van der Waals surface area contributed by atoms with Crippen molar-refractivity contribution in [3.63, 3.8) is 0 Å². The molecule has 0 aliphatic heterocycles. The average molecular weight is 464 g/mol. The normalized spacial score (nSPS) is 13.2. The van der Waals surface area contributed by atoms with Crippen LogP contribution in [0.2, 0.25) is 10.0 Å². The largest absolute Gasteiger partial charge is 0.479 e. The molecule has 2 aromatic rings. The third-order valence-corrected chi connectivity index (χ3v) is 5.24. The number of carboxylic acids is 1. The predicted octanol–water partition coefficient (Wildman–Crippen LogP) is 6.07. The van der Waals surface area contributed by atoms with Gasteiger partial charge in [-0.15, -0.1) is 0 Å². The van der Waals surface area contributed by atoms with Crippen LogP contribution < -0.4 is 4.74 Å². The molecule has 1 atom stereocenters. The Morgan fingerprint density at radius 2 is 1.77 bits per heavy atom. The van der Waals surface area contributed by atoms with E-state index >= 15 is 0 Å². The number of rotatable bonds is 8. The van der Waals surface area contributed by atoms with Gasteiger partial charge in [-0.1, -0.05) is 53.5 Å². The minimum absolute atomic E-state index is 0.0471. The molecule has 0 aliphatic rings. The van der Waals surface area contributed by atoms with Crippen molar-refractivity contribution in [3.8, 4) is 5.75 Å². The van der Waals surface area contributed by atoms with Gasteiger partial charge in [-0.2, -0.15) is 13.2 Å². The van der Waals surface area contributed by atoms with Crippen molar-refractivity contribution in [3.05, 3.63) is 63.1 Å². The number of aliphatic carboxylic acids is 1. The van der Waals surface area contributed by atoms with Crippen LogP contribution in [-0.4, -0.2) is 28.1 Å². The Labute approximate surface area is 180 Å². The van der Waals surface area contributed by atoms with Crippen molar-refractivity contribution in [2.45, 2.75) is 38.5 Å². The Kier molecular flexibility index (Phi) is 7.97. The zero-order valence-corrected chi connectivity index (χ0v) is 17.2. The summed E-state index contributed by atoms with van der Waals surface area (Å²) in [7, 11) is 0. The van der Waals surface area contributed by atoms with Crippen molar-refractivity contribution in [1.29, 1.82) is 0 Å². The molecule has 0 amide bonds. The third kappa shape index (κ3) is 5.79. The lowest BCUT2D eigenvalue weighted by molar-refractivity contribution is -0.145. The Bertz CT molecular complexity index is 931. The number of aryl methyl sites for hydroxylation is 1. The first kappa shape index (κ1) is 23.8. The summed E-state index contributed by atoms with van der Waals surface area (Å²) in [6.45, 7) is 1.65. The number of carboxylic acid groups (broad SMARTS) is 1. The number of alkyl halides is 3. The number of oxime groups is 1. The standard InChI is InChI=1S/C20H18Cl2F3NO4/c1-2-15(19(27)28)30-16-10-6-12(17(21)18(16)22)5-9-14(26-29)11-3-7-13(8-4-11)20(23,24)25/h3-4,6-8,10,15,29H,2,5,9H2,1H3,(H,27,28)/b26-14-. The van der Waals surface area contributed by atoms with Crippen LogP contribution in [0.15, 0.2) is 41.6 Å². The molecule has 0 aliphatic carbocycles. The van der Waals surface area contributed by atoms with E-state index in [0.29, 0.717) is 11.1 Å². The quantitative estimate of drug-likeness (QED) is 0.283. The lowest BCUT2D eigenvalue weighted by Crippen LogP contribution is -2.26. The van der Waals surface area contributed by atoms with E-state index in [2.05, 4.69) is 5.16 Å². The van der Waals surface area contributed by atoms with Crippen molar-refractivity contribution < 1.29 is 33.0 Å². The fraction of sp³-hybridized carbons (Fsp3) is 0.300. The second-order valence-electron chi connectivity index (χ2n) is 6.33. The van der Waals surface area contributed by atoms with Gasteiger partial charge in [-0.05, 0) is 48.6 Å². The number of nitrogens with zero attached hydrogens (tertiary/aromatic N) is 1. The summed E-state index contributed by atoms with van der Waals surface area (Å²) in [6.07, 6.45) is -4.85. The van der Waals surface area contributed by atoms with Crippen LogP contribution >= 0.6 is 23.2 Å². The minimum atomic E-state index is -4.46. The van der Waals surface area contributed by atoms with E-state index in [1.807, 2.05) is 0 Å². The minimum Gasteiger partial charge on any atom is -0.479 e. The molecule has 0 saturated heterocycles. The first-order valence-electron chi connectivity index (χ1n) is 8.83. The second kappa shape index (κ2) is 10.0. The summed E-state index contributed by atoms with van der Waals surface area (Å²) in [4.78, 5) is 11.1. The van der Waals surface area contributed by atoms with Crippen molar-refractivity contribution >= 4 is 34.9 Å². The van der Waals surface area contributed by atoms with Gasteiger partial charge < -0.3 is 15.1 Å². The summed E-state index contributed by atoms with van der Waals surface area (Å²) < 4.78 is 43.4. The van der Waals surface area contributed by atoms with Crippen LogP contribution in [0.25, 0.3) is 0 Å². The molecule has 2 N–H and O–H groups in total. The smallest absolute Gasteiger partial charge is 0.416 e. The first-order valence-corrected chi connectivity index (χ1v) is 9.59. The summed E-state index contributed by atoms with van der Waals surface area (Å²) >= 11 is 12.5. The molecular formula is C20H18Cl2F3NO4. The van der Waals surface area contributed by atoms with Gasteiger partial charge >= 0.3 is 12.1 Å². The molecule has 2 rings (SSSR count).